The highest BCUT2D eigenvalue weighted by atomic mass is 35.5. The minimum Gasteiger partial charge on any atom is -0.365 e. The van der Waals surface area contributed by atoms with Crippen molar-refractivity contribution in [1.29, 1.82) is 0 Å². The normalized spacial score (nSPS) is 16.3. The van der Waals surface area contributed by atoms with Crippen molar-refractivity contribution in [3.63, 3.8) is 0 Å². The third kappa shape index (κ3) is 4.08. The van der Waals surface area contributed by atoms with Crippen LogP contribution in [0.2, 0.25) is 0 Å². The zero-order valence-electron chi connectivity index (χ0n) is 15.8. The summed E-state index contributed by atoms with van der Waals surface area (Å²) in [6.45, 7) is 11.4. The molecule has 146 valence electrons. The van der Waals surface area contributed by atoms with Crippen molar-refractivity contribution < 1.29 is 4.52 Å². The van der Waals surface area contributed by atoms with Crippen molar-refractivity contribution in [1.82, 2.24) is 25.3 Å². The Morgan fingerprint density at radius 2 is 2.07 bits per heavy atom. The summed E-state index contributed by atoms with van der Waals surface area (Å²) in [6.07, 6.45) is 1.64. The van der Waals surface area contributed by atoms with E-state index in [1.54, 1.807) is 17.7 Å². The number of thiophene rings is 1. The maximum absolute atomic E-state index is 5.33. The molecule has 4 rings (SSSR count). The van der Waals surface area contributed by atoms with Gasteiger partial charge in [0.2, 0.25) is 0 Å². The molecule has 1 aliphatic heterocycles. The van der Waals surface area contributed by atoms with Crippen LogP contribution in [0, 0.1) is 13.8 Å². The van der Waals surface area contributed by atoms with E-state index in [-0.39, 0.29) is 12.4 Å². The molecule has 0 amide bonds. The summed E-state index contributed by atoms with van der Waals surface area (Å²) in [5.41, 5.74) is 3.95. The topological polar surface area (TPSA) is 79.1 Å². The lowest BCUT2D eigenvalue weighted by Gasteiger charge is -2.30. The Morgan fingerprint density at radius 1 is 1.30 bits per heavy atom. The number of anilines is 1. The van der Waals surface area contributed by atoms with Crippen LogP contribution in [0.1, 0.15) is 18.4 Å². The van der Waals surface area contributed by atoms with Crippen molar-refractivity contribution in [3.05, 3.63) is 23.2 Å². The van der Waals surface area contributed by atoms with Crippen LogP contribution in [-0.2, 0) is 0 Å². The van der Waals surface area contributed by atoms with Crippen LogP contribution in [0.4, 0.5) is 5.82 Å². The van der Waals surface area contributed by atoms with Gasteiger partial charge < -0.3 is 15.2 Å². The molecule has 27 heavy (non-hydrogen) atoms. The first kappa shape index (κ1) is 20.0. The first-order valence-corrected chi connectivity index (χ1v) is 9.86. The van der Waals surface area contributed by atoms with Crippen LogP contribution >= 0.6 is 23.7 Å². The Kier molecular flexibility index (Phi) is 6.31. The molecular weight excluding hydrogens is 384 g/mol. The highest BCUT2D eigenvalue weighted by molar-refractivity contribution is 7.18. The predicted molar refractivity (Wildman–Crippen MR) is 112 cm³/mol. The van der Waals surface area contributed by atoms with E-state index in [4.69, 9.17) is 4.52 Å². The van der Waals surface area contributed by atoms with Crippen molar-refractivity contribution >= 4 is 39.8 Å². The van der Waals surface area contributed by atoms with E-state index in [9.17, 15) is 0 Å². The molecule has 7 nitrogen and oxygen atoms in total. The van der Waals surface area contributed by atoms with E-state index in [1.165, 1.54) is 0 Å². The molecule has 4 heterocycles. The number of fused-ring (bicyclic) bond motifs is 1. The molecule has 2 N–H and O–H groups in total. The Morgan fingerprint density at radius 3 is 2.78 bits per heavy atom. The molecule has 9 heteroatoms. The lowest BCUT2D eigenvalue weighted by Crippen LogP contribution is -2.47. The lowest BCUT2D eigenvalue weighted by atomic mass is 10.1. The highest BCUT2D eigenvalue weighted by Gasteiger charge is 2.20. The van der Waals surface area contributed by atoms with Gasteiger partial charge in [-0.1, -0.05) is 5.16 Å². The van der Waals surface area contributed by atoms with Gasteiger partial charge in [0, 0.05) is 49.7 Å². The quantitative estimate of drug-likeness (QED) is 0.671. The number of aromatic nitrogens is 3. The van der Waals surface area contributed by atoms with E-state index in [0.29, 0.717) is 6.04 Å². The molecule has 0 aliphatic carbocycles. The van der Waals surface area contributed by atoms with Crippen LogP contribution in [0.15, 0.2) is 16.2 Å². The Balaban J connectivity index is 0.00000210. The number of nitrogens with zero attached hydrogens (tertiary/aromatic N) is 4. The van der Waals surface area contributed by atoms with Gasteiger partial charge >= 0.3 is 0 Å². The smallest absolute Gasteiger partial charge is 0.147 e. The summed E-state index contributed by atoms with van der Waals surface area (Å²) in [7, 11) is 0. The second-order valence-corrected chi connectivity index (χ2v) is 7.72. The molecule has 3 aromatic rings. The fourth-order valence-corrected chi connectivity index (χ4v) is 4.52. The summed E-state index contributed by atoms with van der Waals surface area (Å²) in [5.74, 6) is 1.73. The van der Waals surface area contributed by atoms with Gasteiger partial charge in [0.05, 0.1) is 21.5 Å². The van der Waals surface area contributed by atoms with Gasteiger partial charge in [-0.3, -0.25) is 4.90 Å². The largest absolute Gasteiger partial charge is 0.365 e. The number of nitrogens with one attached hydrogen (secondary N) is 2. The highest BCUT2D eigenvalue weighted by Crippen LogP contribution is 2.38. The van der Waals surface area contributed by atoms with E-state index in [0.717, 1.165) is 71.3 Å². The second kappa shape index (κ2) is 8.52. The van der Waals surface area contributed by atoms with Gasteiger partial charge in [0.15, 0.2) is 0 Å². The number of halogens is 1. The lowest BCUT2D eigenvalue weighted by molar-refractivity contribution is 0.235. The predicted octanol–water partition coefficient (Wildman–Crippen LogP) is 3.09. The number of hydrogen-bond acceptors (Lipinski definition) is 8. The molecule has 0 radical (unpaired) electrons. The van der Waals surface area contributed by atoms with Crippen LogP contribution < -0.4 is 10.6 Å². The molecule has 1 atom stereocenters. The molecule has 0 spiro atoms. The number of hydrogen-bond donors (Lipinski definition) is 2. The fourth-order valence-electron chi connectivity index (χ4n) is 3.56. The molecule has 0 bridgehead atoms. The van der Waals surface area contributed by atoms with Gasteiger partial charge in [-0.2, -0.15) is 0 Å². The van der Waals surface area contributed by atoms with E-state index in [2.05, 4.69) is 43.0 Å². The summed E-state index contributed by atoms with van der Waals surface area (Å²) in [4.78, 5) is 11.5. The zero-order valence-corrected chi connectivity index (χ0v) is 17.4. The van der Waals surface area contributed by atoms with Crippen molar-refractivity contribution in [2.24, 2.45) is 0 Å². The van der Waals surface area contributed by atoms with Crippen molar-refractivity contribution in [2.45, 2.75) is 26.8 Å². The average Bonchev–Trinajstić information content (AvgIpc) is 3.19. The number of piperazine rings is 1. The van der Waals surface area contributed by atoms with E-state index >= 15 is 0 Å². The average molecular weight is 409 g/mol. The summed E-state index contributed by atoms with van der Waals surface area (Å²) in [5, 5.41) is 13.2. The number of aryl methyl sites for hydroxylation is 2. The molecule has 1 fully saturated rings. The van der Waals surface area contributed by atoms with E-state index in [1.807, 2.05) is 13.8 Å². The minimum atomic E-state index is 0. The molecule has 0 saturated carbocycles. The molecular formula is C18H25ClN6OS. The second-order valence-electron chi connectivity index (χ2n) is 6.84. The summed E-state index contributed by atoms with van der Waals surface area (Å²) in [6, 6.07) is 0.316. The Bertz CT molecular complexity index is 885. The van der Waals surface area contributed by atoms with Gasteiger partial charge in [0.25, 0.3) is 0 Å². The fraction of sp³-hybridized carbons (Fsp3) is 0.500. The van der Waals surface area contributed by atoms with E-state index < -0.39 is 0 Å². The zero-order chi connectivity index (χ0) is 18.1. The first-order valence-electron chi connectivity index (χ1n) is 8.98. The van der Waals surface area contributed by atoms with Crippen molar-refractivity contribution in [2.75, 3.05) is 38.0 Å². The van der Waals surface area contributed by atoms with Gasteiger partial charge in [-0.15, -0.1) is 23.7 Å². The molecule has 3 aromatic heterocycles. The van der Waals surface area contributed by atoms with Crippen LogP contribution in [0.3, 0.4) is 0 Å². The van der Waals surface area contributed by atoms with Gasteiger partial charge in [-0.05, 0) is 20.8 Å². The molecule has 0 unspecified atom stereocenters. The van der Waals surface area contributed by atoms with Crippen LogP contribution in [0.5, 0.6) is 0 Å². The van der Waals surface area contributed by atoms with Gasteiger partial charge in [0.1, 0.15) is 17.9 Å². The third-order valence-corrected chi connectivity index (χ3v) is 5.76. The third-order valence-electron chi connectivity index (χ3n) is 4.78. The van der Waals surface area contributed by atoms with Crippen LogP contribution in [0.25, 0.3) is 21.3 Å². The molecule has 1 aliphatic rings. The number of rotatable bonds is 5. The monoisotopic (exact) mass is 408 g/mol. The molecule has 1 saturated heterocycles. The minimum absolute atomic E-state index is 0. The first-order chi connectivity index (χ1) is 12.6. The summed E-state index contributed by atoms with van der Waals surface area (Å²) < 4.78 is 6.41. The molecule has 0 aromatic carbocycles. The standard InChI is InChI=1S/C18H24N6OS.ClH/c1-11(8-24-6-4-19-5-7-24)22-18-17-16(20-10-21-18)14(9-26-17)15-12(2)23-25-13(15)3;/h9-11,19H,4-8H2,1-3H3,(H,20,21,22);1H/t11-;/m0./s1. The SMILES string of the molecule is Cc1noc(C)c1-c1csc2c(N[C@@H](C)CN3CCNCC3)ncnc12.Cl. The van der Waals surface area contributed by atoms with Crippen LogP contribution in [-0.4, -0.2) is 58.8 Å². The summed E-state index contributed by atoms with van der Waals surface area (Å²) >= 11 is 1.66. The Labute approximate surface area is 169 Å². The Hall–Kier alpha value is -1.74. The maximum Gasteiger partial charge on any atom is 0.147 e. The maximum atomic E-state index is 5.33. The van der Waals surface area contributed by atoms with Crippen molar-refractivity contribution in [3.8, 4) is 11.1 Å². The van der Waals surface area contributed by atoms with Gasteiger partial charge in [-0.25, -0.2) is 9.97 Å².